The lowest BCUT2D eigenvalue weighted by Crippen LogP contribution is -3.16. The number of quaternary nitrogens is 1. The van der Waals surface area contributed by atoms with Gasteiger partial charge >= 0.3 is 0 Å². The second-order valence-corrected chi connectivity index (χ2v) is 7.65. The standard InChI is InChI=1S/C24H26N2O2/c1-17(24(27)25-21-10-9-19-5-3-4-6-20(19)15-21)26(22-11-12-22)16-18-7-13-23(28-2)14-8-18/h3-10,13-15,17,22H,11-12,16H2,1-2H3,(H,25,27)/p+1/t17-/m0/s1. The van der Waals surface area contributed by atoms with Crippen LogP contribution in [0.25, 0.3) is 10.8 Å². The molecular formula is C24H27N2O2+. The highest BCUT2D eigenvalue weighted by molar-refractivity contribution is 5.96. The molecule has 1 unspecified atom stereocenters. The number of fused-ring (bicyclic) bond motifs is 1. The molecule has 3 aromatic carbocycles. The first-order valence-electron chi connectivity index (χ1n) is 9.92. The molecule has 4 nitrogen and oxygen atoms in total. The van der Waals surface area contributed by atoms with E-state index in [1.54, 1.807) is 7.11 Å². The fourth-order valence-corrected chi connectivity index (χ4v) is 3.77. The number of hydrogen-bond acceptors (Lipinski definition) is 2. The van der Waals surface area contributed by atoms with E-state index in [0.29, 0.717) is 6.04 Å². The zero-order valence-electron chi connectivity index (χ0n) is 16.4. The molecule has 0 radical (unpaired) electrons. The predicted molar refractivity (Wildman–Crippen MR) is 113 cm³/mol. The summed E-state index contributed by atoms with van der Waals surface area (Å²) in [5.41, 5.74) is 2.09. The van der Waals surface area contributed by atoms with E-state index in [-0.39, 0.29) is 11.9 Å². The van der Waals surface area contributed by atoms with E-state index in [1.807, 2.05) is 43.3 Å². The molecule has 28 heavy (non-hydrogen) atoms. The van der Waals surface area contributed by atoms with E-state index >= 15 is 0 Å². The average Bonchev–Trinajstić information content (AvgIpc) is 3.57. The second-order valence-electron chi connectivity index (χ2n) is 7.65. The van der Waals surface area contributed by atoms with Crippen molar-refractivity contribution in [1.82, 2.24) is 0 Å². The fraction of sp³-hybridized carbons (Fsp3) is 0.292. The Morgan fingerprint density at radius 2 is 1.79 bits per heavy atom. The smallest absolute Gasteiger partial charge is 0.282 e. The molecule has 4 heteroatoms. The van der Waals surface area contributed by atoms with Gasteiger partial charge in [-0.15, -0.1) is 0 Å². The van der Waals surface area contributed by atoms with Crippen LogP contribution >= 0.6 is 0 Å². The van der Waals surface area contributed by atoms with Crippen LogP contribution < -0.4 is 15.0 Å². The molecular weight excluding hydrogens is 348 g/mol. The maximum atomic E-state index is 13.0. The number of methoxy groups -OCH3 is 1. The van der Waals surface area contributed by atoms with Crippen LogP contribution in [-0.2, 0) is 11.3 Å². The quantitative estimate of drug-likeness (QED) is 0.664. The largest absolute Gasteiger partial charge is 0.497 e. The monoisotopic (exact) mass is 375 g/mol. The van der Waals surface area contributed by atoms with Gasteiger partial charge in [-0.3, -0.25) is 4.79 Å². The number of carbonyl (C=O) groups is 1. The van der Waals surface area contributed by atoms with Gasteiger partial charge in [-0.1, -0.05) is 30.3 Å². The lowest BCUT2D eigenvalue weighted by atomic mass is 10.1. The molecule has 4 rings (SSSR count). The Hall–Kier alpha value is -2.85. The van der Waals surface area contributed by atoms with Gasteiger partial charge in [-0.2, -0.15) is 0 Å². The van der Waals surface area contributed by atoms with Crippen molar-refractivity contribution in [2.24, 2.45) is 0 Å². The summed E-state index contributed by atoms with van der Waals surface area (Å²) in [5, 5.41) is 5.44. The Kier molecular flexibility index (Phi) is 5.31. The Labute approximate surface area is 166 Å². The van der Waals surface area contributed by atoms with Gasteiger partial charge in [0.05, 0.1) is 13.2 Å². The molecule has 0 saturated heterocycles. The molecule has 3 aromatic rings. The number of hydrogen-bond donors (Lipinski definition) is 2. The van der Waals surface area contributed by atoms with Crippen molar-refractivity contribution in [3.05, 3.63) is 72.3 Å². The van der Waals surface area contributed by atoms with Gasteiger partial charge in [0.1, 0.15) is 12.3 Å². The van der Waals surface area contributed by atoms with E-state index in [4.69, 9.17) is 4.74 Å². The molecule has 0 heterocycles. The molecule has 1 amide bonds. The molecule has 0 aliphatic heterocycles. The van der Waals surface area contributed by atoms with Gasteiger partial charge in [-0.05, 0) is 54.1 Å². The number of benzene rings is 3. The number of carbonyl (C=O) groups excluding carboxylic acids is 1. The Balaban J connectivity index is 1.46. The summed E-state index contributed by atoms with van der Waals surface area (Å²) in [6.07, 6.45) is 2.39. The number of ether oxygens (including phenoxy) is 1. The highest BCUT2D eigenvalue weighted by Crippen LogP contribution is 2.20. The van der Waals surface area contributed by atoms with Gasteiger partial charge < -0.3 is 15.0 Å². The van der Waals surface area contributed by atoms with Crippen molar-refractivity contribution < 1.29 is 14.4 Å². The summed E-state index contributed by atoms with van der Waals surface area (Å²) >= 11 is 0. The van der Waals surface area contributed by atoms with E-state index < -0.39 is 0 Å². The molecule has 1 fully saturated rings. The minimum atomic E-state index is -0.110. The second kappa shape index (κ2) is 8.03. The minimum absolute atomic E-state index is 0.0747. The SMILES string of the molecule is COc1ccc(C[NH+](C2CC2)[C@@H](C)C(=O)Nc2ccc3ccccc3c2)cc1. The van der Waals surface area contributed by atoms with Gasteiger partial charge in [0.15, 0.2) is 6.04 Å². The van der Waals surface area contributed by atoms with Gasteiger partial charge in [0.2, 0.25) is 0 Å². The van der Waals surface area contributed by atoms with Crippen molar-refractivity contribution in [2.45, 2.75) is 38.4 Å². The van der Waals surface area contributed by atoms with Gasteiger partial charge in [0, 0.05) is 24.1 Å². The summed E-state index contributed by atoms with van der Waals surface area (Å²) < 4.78 is 5.25. The summed E-state index contributed by atoms with van der Waals surface area (Å²) in [4.78, 5) is 14.3. The number of nitrogens with one attached hydrogen (secondary N) is 2. The van der Waals surface area contributed by atoms with Crippen molar-refractivity contribution in [1.29, 1.82) is 0 Å². The van der Waals surface area contributed by atoms with Gasteiger partial charge in [-0.25, -0.2) is 0 Å². The van der Waals surface area contributed by atoms with Crippen LogP contribution in [0.1, 0.15) is 25.3 Å². The lowest BCUT2D eigenvalue weighted by Gasteiger charge is -2.25. The van der Waals surface area contributed by atoms with Crippen LogP contribution in [0.3, 0.4) is 0 Å². The Bertz CT molecular complexity index is 964. The summed E-state index contributed by atoms with van der Waals surface area (Å²) in [7, 11) is 1.68. The third-order valence-corrected chi connectivity index (χ3v) is 5.64. The minimum Gasteiger partial charge on any atom is -0.497 e. The van der Waals surface area contributed by atoms with Crippen LogP contribution in [0.5, 0.6) is 5.75 Å². The summed E-state index contributed by atoms with van der Waals surface area (Å²) in [6, 6.07) is 22.9. The average molecular weight is 375 g/mol. The molecule has 2 N–H and O–H groups in total. The first kappa shape index (κ1) is 18.5. The molecule has 1 saturated carbocycles. The van der Waals surface area contributed by atoms with Gasteiger partial charge in [0.25, 0.3) is 5.91 Å². The maximum Gasteiger partial charge on any atom is 0.282 e. The number of amides is 1. The van der Waals surface area contributed by atoms with E-state index in [1.165, 1.54) is 28.7 Å². The molecule has 0 spiro atoms. The fourth-order valence-electron chi connectivity index (χ4n) is 3.77. The lowest BCUT2D eigenvalue weighted by molar-refractivity contribution is -0.938. The zero-order valence-corrected chi connectivity index (χ0v) is 16.4. The Morgan fingerprint density at radius 1 is 1.07 bits per heavy atom. The van der Waals surface area contributed by atoms with Crippen molar-refractivity contribution in [2.75, 3.05) is 12.4 Å². The molecule has 0 bridgehead atoms. The van der Waals surface area contributed by atoms with Crippen molar-refractivity contribution >= 4 is 22.4 Å². The molecule has 0 aromatic heterocycles. The summed E-state index contributed by atoms with van der Waals surface area (Å²) in [6.45, 7) is 2.88. The topological polar surface area (TPSA) is 42.8 Å². The van der Waals surface area contributed by atoms with E-state index in [9.17, 15) is 4.79 Å². The van der Waals surface area contributed by atoms with Crippen molar-refractivity contribution in [3.63, 3.8) is 0 Å². The predicted octanol–water partition coefficient (Wildman–Crippen LogP) is 3.42. The normalized spacial score (nSPS) is 15.8. The van der Waals surface area contributed by atoms with Crippen LogP contribution in [0.15, 0.2) is 66.7 Å². The first-order chi connectivity index (χ1) is 13.6. The van der Waals surface area contributed by atoms with Crippen LogP contribution in [0.2, 0.25) is 0 Å². The highest BCUT2D eigenvalue weighted by atomic mass is 16.5. The van der Waals surface area contributed by atoms with E-state index in [0.717, 1.165) is 23.4 Å². The molecule has 1 aliphatic carbocycles. The van der Waals surface area contributed by atoms with Crippen LogP contribution in [0, 0.1) is 0 Å². The third-order valence-electron chi connectivity index (χ3n) is 5.64. The molecule has 144 valence electrons. The molecule has 1 aliphatic rings. The Morgan fingerprint density at radius 3 is 2.46 bits per heavy atom. The highest BCUT2D eigenvalue weighted by Gasteiger charge is 2.39. The third kappa shape index (κ3) is 4.18. The number of rotatable bonds is 7. The van der Waals surface area contributed by atoms with Crippen LogP contribution in [0.4, 0.5) is 5.69 Å². The maximum absolute atomic E-state index is 13.0. The number of anilines is 1. The van der Waals surface area contributed by atoms with Crippen LogP contribution in [-0.4, -0.2) is 25.1 Å². The van der Waals surface area contributed by atoms with E-state index in [2.05, 4.69) is 35.6 Å². The van der Waals surface area contributed by atoms with Crippen molar-refractivity contribution in [3.8, 4) is 5.75 Å². The first-order valence-corrected chi connectivity index (χ1v) is 9.92. The zero-order chi connectivity index (χ0) is 19.5. The summed E-state index contributed by atoms with van der Waals surface area (Å²) in [5.74, 6) is 0.935. The molecule has 2 atom stereocenters.